The molecule has 2 aromatic carbocycles. The first-order chi connectivity index (χ1) is 11.5. The maximum atomic E-state index is 12.0. The second-order valence-corrected chi connectivity index (χ2v) is 5.47. The van der Waals surface area contributed by atoms with Gasteiger partial charge in [-0.25, -0.2) is 5.43 Å². The van der Waals surface area contributed by atoms with E-state index in [-0.39, 0.29) is 11.7 Å². The molecule has 1 amide bonds. The normalized spacial score (nSPS) is 12.6. The van der Waals surface area contributed by atoms with Crippen LogP contribution in [0.1, 0.15) is 34.0 Å². The van der Waals surface area contributed by atoms with E-state index in [1.165, 1.54) is 12.1 Å². The molecule has 0 heterocycles. The number of rotatable bonds is 5. The van der Waals surface area contributed by atoms with Crippen LogP contribution in [0.25, 0.3) is 6.08 Å². The van der Waals surface area contributed by atoms with E-state index in [2.05, 4.69) is 10.5 Å². The van der Waals surface area contributed by atoms with Gasteiger partial charge in [0.1, 0.15) is 5.75 Å². The summed E-state index contributed by atoms with van der Waals surface area (Å²) in [6.07, 6.45) is 4.55. The van der Waals surface area contributed by atoms with E-state index < -0.39 is 6.10 Å². The molecular weight excluding hydrogens is 304 g/mol. The Morgan fingerprint density at radius 1 is 1.21 bits per heavy atom. The Morgan fingerprint density at radius 3 is 2.67 bits per heavy atom. The van der Waals surface area contributed by atoms with Crippen LogP contribution in [0.3, 0.4) is 0 Å². The summed E-state index contributed by atoms with van der Waals surface area (Å²) in [7, 11) is 0. The smallest absolute Gasteiger partial charge is 0.271 e. The average Bonchev–Trinajstić information content (AvgIpc) is 2.56. The molecule has 24 heavy (non-hydrogen) atoms. The van der Waals surface area contributed by atoms with E-state index in [0.717, 1.165) is 11.1 Å². The molecule has 0 aliphatic heterocycles. The first-order valence-corrected chi connectivity index (χ1v) is 7.55. The maximum Gasteiger partial charge on any atom is 0.271 e. The van der Waals surface area contributed by atoms with Crippen LogP contribution in [0.4, 0.5) is 0 Å². The molecule has 0 aliphatic carbocycles. The summed E-state index contributed by atoms with van der Waals surface area (Å²) >= 11 is 0. The fraction of sp³-hybridized carbons (Fsp3) is 0.158. The Bertz CT molecular complexity index is 780. The first-order valence-electron chi connectivity index (χ1n) is 7.55. The zero-order valence-corrected chi connectivity index (χ0v) is 13.6. The Kier molecular flexibility index (Phi) is 5.87. The van der Waals surface area contributed by atoms with Crippen LogP contribution in [-0.4, -0.2) is 28.4 Å². The second kappa shape index (κ2) is 8.08. The number of aliphatic hydroxyl groups is 1. The Balaban J connectivity index is 2.02. The first kappa shape index (κ1) is 17.4. The third-order valence-corrected chi connectivity index (χ3v) is 3.32. The molecule has 0 fully saturated rings. The third-order valence-electron chi connectivity index (χ3n) is 3.32. The van der Waals surface area contributed by atoms with Crippen LogP contribution >= 0.6 is 0 Å². The van der Waals surface area contributed by atoms with Crippen molar-refractivity contribution in [3.63, 3.8) is 0 Å². The summed E-state index contributed by atoms with van der Waals surface area (Å²) in [5, 5.41) is 22.7. The molecule has 1 unspecified atom stereocenters. The zero-order valence-electron chi connectivity index (χ0n) is 13.6. The molecule has 0 aromatic heterocycles. The number of nitrogens with zero attached hydrogens (tertiary/aromatic N) is 1. The van der Waals surface area contributed by atoms with E-state index >= 15 is 0 Å². The molecule has 5 nitrogen and oxygen atoms in total. The van der Waals surface area contributed by atoms with E-state index in [9.17, 15) is 15.0 Å². The van der Waals surface area contributed by atoms with Gasteiger partial charge in [0.15, 0.2) is 0 Å². The van der Waals surface area contributed by atoms with Gasteiger partial charge >= 0.3 is 0 Å². The van der Waals surface area contributed by atoms with Gasteiger partial charge in [-0.1, -0.05) is 30.4 Å². The molecular formula is C19H20N2O3. The second-order valence-electron chi connectivity index (χ2n) is 5.47. The predicted molar refractivity (Wildman–Crippen MR) is 95.1 cm³/mol. The third kappa shape index (κ3) is 5.07. The monoisotopic (exact) mass is 324 g/mol. The summed E-state index contributed by atoms with van der Waals surface area (Å²) in [5.41, 5.74) is 5.27. The summed E-state index contributed by atoms with van der Waals surface area (Å²) < 4.78 is 0. The number of aromatic hydroxyl groups is 1. The van der Waals surface area contributed by atoms with Crippen molar-refractivity contribution in [2.24, 2.45) is 5.10 Å². The van der Waals surface area contributed by atoms with E-state index in [1.54, 1.807) is 32.2 Å². The van der Waals surface area contributed by atoms with Gasteiger partial charge < -0.3 is 10.2 Å². The molecule has 0 saturated heterocycles. The lowest BCUT2D eigenvalue weighted by Crippen LogP contribution is -2.17. The molecule has 0 saturated carbocycles. The van der Waals surface area contributed by atoms with Gasteiger partial charge in [0.05, 0.1) is 12.3 Å². The minimum atomic E-state index is -0.504. The maximum absolute atomic E-state index is 12.0. The van der Waals surface area contributed by atoms with Gasteiger partial charge in [0, 0.05) is 5.56 Å². The Hall–Kier alpha value is -2.92. The van der Waals surface area contributed by atoms with Crippen LogP contribution in [0.2, 0.25) is 0 Å². The molecule has 3 N–H and O–H groups in total. The standard InChI is InChI=1S/C19H20N2O3/c1-13-10-17(8-9-18(13)23)19(24)21-20-12-16-5-3-4-15(11-16)7-6-14(2)22/h3-12,14,22-23H,1-2H3,(H,21,24)/b7-6+,20-12+. The van der Waals surface area contributed by atoms with Crippen LogP contribution < -0.4 is 5.43 Å². The van der Waals surface area contributed by atoms with Crippen molar-refractivity contribution in [3.8, 4) is 5.75 Å². The number of benzene rings is 2. The van der Waals surface area contributed by atoms with Crippen molar-refractivity contribution in [2.45, 2.75) is 20.0 Å². The lowest BCUT2D eigenvalue weighted by Gasteiger charge is -2.03. The molecule has 1 atom stereocenters. The molecule has 0 spiro atoms. The molecule has 0 radical (unpaired) electrons. The van der Waals surface area contributed by atoms with E-state index in [1.807, 2.05) is 30.3 Å². The lowest BCUT2D eigenvalue weighted by atomic mass is 10.1. The SMILES string of the molecule is Cc1cc(C(=O)N/N=C/c2cccc(/C=C/C(C)O)c2)ccc1O. The van der Waals surface area contributed by atoms with Gasteiger partial charge in [0.25, 0.3) is 5.91 Å². The number of hydrogen-bond acceptors (Lipinski definition) is 4. The molecule has 5 heteroatoms. The summed E-state index contributed by atoms with van der Waals surface area (Å²) in [6, 6.07) is 12.1. The van der Waals surface area contributed by atoms with E-state index in [0.29, 0.717) is 11.1 Å². The van der Waals surface area contributed by atoms with Crippen molar-refractivity contribution >= 4 is 18.2 Å². The van der Waals surface area contributed by atoms with Crippen LogP contribution in [-0.2, 0) is 0 Å². The number of aryl methyl sites for hydroxylation is 1. The van der Waals surface area contributed by atoms with Crippen LogP contribution in [0.15, 0.2) is 53.6 Å². The lowest BCUT2D eigenvalue weighted by molar-refractivity contribution is 0.0955. The number of hydrogen-bond donors (Lipinski definition) is 3. The number of hydrazone groups is 1. The number of nitrogens with one attached hydrogen (secondary N) is 1. The van der Waals surface area contributed by atoms with Crippen molar-refractivity contribution < 1.29 is 15.0 Å². The van der Waals surface area contributed by atoms with Crippen LogP contribution in [0, 0.1) is 6.92 Å². The van der Waals surface area contributed by atoms with E-state index in [4.69, 9.17) is 0 Å². The van der Waals surface area contributed by atoms with Crippen molar-refractivity contribution in [1.29, 1.82) is 0 Å². The summed E-state index contributed by atoms with van der Waals surface area (Å²) in [6.45, 7) is 3.41. The minimum absolute atomic E-state index is 0.150. The largest absolute Gasteiger partial charge is 0.508 e. The number of phenolic OH excluding ortho intramolecular Hbond substituents is 1. The molecule has 124 valence electrons. The molecule has 0 bridgehead atoms. The quantitative estimate of drug-likeness (QED) is 0.584. The zero-order chi connectivity index (χ0) is 17.5. The number of carbonyl (C=O) groups excluding carboxylic acids is 1. The highest BCUT2D eigenvalue weighted by atomic mass is 16.3. The van der Waals surface area contributed by atoms with Gasteiger partial charge in [-0.3, -0.25) is 4.79 Å². The number of carbonyl (C=O) groups is 1. The van der Waals surface area contributed by atoms with Crippen molar-refractivity contribution in [1.82, 2.24) is 5.43 Å². The molecule has 2 aromatic rings. The highest BCUT2D eigenvalue weighted by Gasteiger charge is 2.06. The van der Waals surface area contributed by atoms with Gasteiger partial charge in [0.2, 0.25) is 0 Å². The van der Waals surface area contributed by atoms with Crippen molar-refractivity contribution in [2.75, 3.05) is 0 Å². The fourth-order valence-electron chi connectivity index (χ4n) is 2.02. The Morgan fingerprint density at radius 2 is 1.96 bits per heavy atom. The van der Waals surface area contributed by atoms with Crippen molar-refractivity contribution in [3.05, 3.63) is 70.8 Å². The Labute approximate surface area is 141 Å². The molecule has 2 rings (SSSR count). The van der Waals surface area contributed by atoms with Crippen LogP contribution in [0.5, 0.6) is 5.75 Å². The number of aliphatic hydroxyl groups excluding tert-OH is 1. The van der Waals surface area contributed by atoms with Gasteiger partial charge in [-0.2, -0.15) is 5.10 Å². The van der Waals surface area contributed by atoms with Gasteiger partial charge in [-0.05, 0) is 54.8 Å². The predicted octanol–water partition coefficient (Wildman–Crippen LogP) is 2.86. The summed E-state index contributed by atoms with van der Waals surface area (Å²) in [4.78, 5) is 12.0. The molecule has 0 aliphatic rings. The highest BCUT2D eigenvalue weighted by molar-refractivity contribution is 5.95. The summed E-state index contributed by atoms with van der Waals surface area (Å²) in [5.74, 6) is -0.198. The number of amides is 1. The van der Waals surface area contributed by atoms with Gasteiger partial charge in [-0.15, -0.1) is 0 Å². The number of phenols is 1. The minimum Gasteiger partial charge on any atom is -0.508 e. The average molecular weight is 324 g/mol. The topological polar surface area (TPSA) is 81.9 Å². The highest BCUT2D eigenvalue weighted by Crippen LogP contribution is 2.16. The fourth-order valence-corrected chi connectivity index (χ4v) is 2.02.